The van der Waals surface area contributed by atoms with E-state index >= 15 is 0 Å². The first kappa shape index (κ1) is 13.8. The minimum Gasteiger partial charge on any atom is -0.389 e. The van der Waals surface area contributed by atoms with Crippen LogP contribution in [0.4, 0.5) is 5.69 Å². The van der Waals surface area contributed by atoms with Crippen molar-refractivity contribution in [3.8, 4) is 0 Å². The first-order valence-electron chi connectivity index (χ1n) is 6.03. The summed E-state index contributed by atoms with van der Waals surface area (Å²) in [5.74, 6) is 0. The lowest BCUT2D eigenvalue weighted by Gasteiger charge is -2.39. The van der Waals surface area contributed by atoms with Gasteiger partial charge in [0.2, 0.25) is 0 Å². The SMILES string of the molecule is CC1CN(c2cc(Br)ccc2C(N)=S)CCN1C. The first-order valence-corrected chi connectivity index (χ1v) is 7.23. The number of likely N-dealkylation sites (N-methyl/N-ethyl adjacent to an activating group) is 1. The largest absolute Gasteiger partial charge is 0.389 e. The zero-order chi connectivity index (χ0) is 13.3. The Bertz CT molecular complexity index is 464. The van der Waals surface area contributed by atoms with Crippen molar-refractivity contribution in [3.05, 3.63) is 28.2 Å². The number of piperazine rings is 1. The Morgan fingerprint density at radius 2 is 2.17 bits per heavy atom. The zero-order valence-corrected chi connectivity index (χ0v) is 13.1. The van der Waals surface area contributed by atoms with Crippen molar-refractivity contribution >= 4 is 38.8 Å². The van der Waals surface area contributed by atoms with Crippen LogP contribution in [0.5, 0.6) is 0 Å². The lowest BCUT2D eigenvalue weighted by atomic mass is 10.1. The lowest BCUT2D eigenvalue weighted by Crippen LogP contribution is -2.50. The van der Waals surface area contributed by atoms with Gasteiger partial charge in [0.25, 0.3) is 0 Å². The third-order valence-electron chi connectivity index (χ3n) is 3.53. The van der Waals surface area contributed by atoms with E-state index in [2.05, 4.69) is 45.8 Å². The van der Waals surface area contributed by atoms with Crippen LogP contribution >= 0.6 is 28.1 Å². The number of halogens is 1. The minimum absolute atomic E-state index is 0.462. The highest BCUT2D eigenvalue weighted by atomic mass is 79.9. The Hall–Kier alpha value is -0.650. The van der Waals surface area contributed by atoms with Crippen LogP contribution in [-0.4, -0.2) is 42.6 Å². The molecule has 18 heavy (non-hydrogen) atoms. The molecule has 1 aromatic rings. The fraction of sp³-hybridized carbons (Fsp3) is 0.462. The Morgan fingerprint density at radius 1 is 1.44 bits per heavy atom. The first-order chi connectivity index (χ1) is 8.49. The number of nitrogens with zero attached hydrogens (tertiary/aromatic N) is 2. The summed E-state index contributed by atoms with van der Waals surface area (Å²) in [6.07, 6.45) is 0. The third-order valence-corrected chi connectivity index (χ3v) is 4.24. The average Bonchev–Trinajstić information content (AvgIpc) is 2.32. The van der Waals surface area contributed by atoms with E-state index in [1.165, 1.54) is 0 Å². The van der Waals surface area contributed by atoms with Gasteiger partial charge in [0.15, 0.2) is 0 Å². The van der Waals surface area contributed by atoms with Crippen LogP contribution in [0.15, 0.2) is 22.7 Å². The number of anilines is 1. The van der Waals surface area contributed by atoms with Crippen molar-refractivity contribution in [1.82, 2.24) is 4.90 Å². The van der Waals surface area contributed by atoms with E-state index in [4.69, 9.17) is 18.0 Å². The molecule has 1 aliphatic rings. The molecule has 1 atom stereocenters. The molecule has 5 heteroatoms. The highest BCUT2D eigenvalue weighted by Gasteiger charge is 2.23. The number of nitrogens with two attached hydrogens (primary N) is 1. The highest BCUT2D eigenvalue weighted by Crippen LogP contribution is 2.27. The summed E-state index contributed by atoms with van der Waals surface area (Å²) < 4.78 is 1.06. The standard InChI is InChI=1S/C13H18BrN3S/c1-9-8-17(6-5-16(9)2)12-7-10(14)3-4-11(12)13(15)18/h3-4,7,9H,5-6,8H2,1-2H3,(H2,15,18). The smallest absolute Gasteiger partial charge is 0.106 e. The maximum Gasteiger partial charge on any atom is 0.106 e. The van der Waals surface area contributed by atoms with Gasteiger partial charge < -0.3 is 15.5 Å². The summed E-state index contributed by atoms with van der Waals surface area (Å²) >= 11 is 8.66. The van der Waals surface area contributed by atoms with Crippen molar-refractivity contribution in [2.75, 3.05) is 31.6 Å². The Kier molecular flexibility index (Phi) is 4.25. The van der Waals surface area contributed by atoms with Gasteiger partial charge in [0.1, 0.15) is 4.99 Å². The van der Waals surface area contributed by atoms with E-state index in [9.17, 15) is 0 Å². The molecule has 0 radical (unpaired) electrons. The number of hydrogen-bond acceptors (Lipinski definition) is 3. The van der Waals surface area contributed by atoms with Gasteiger partial charge in [-0.15, -0.1) is 0 Å². The fourth-order valence-corrected chi connectivity index (χ4v) is 2.76. The van der Waals surface area contributed by atoms with Crippen LogP contribution in [0, 0.1) is 0 Å². The molecule has 2 N–H and O–H groups in total. The predicted molar refractivity (Wildman–Crippen MR) is 84.3 cm³/mol. The van der Waals surface area contributed by atoms with Crippen LogP contribution in [0.3, 0.4) is 0 Å². The molecular weight excluding hydrogens is 310 g/mol. The summed E-state index contributed by atoms with van der Waals surface area (Å²) in [5, 5.41) is 0. The molecule has 98 valence electrons. The Labute approximate surface area is 122 Å². The van der Waals surface area contributed by atoms with E-state index in [-0.39, 0.29) is 0 Å². The van der Waals surface area contributed by atoms with Crippen molar-refractivity contribution < 1.29 is 0 Å². The molecule has 1 saturated heterocycles. The van der Waals surface area contributed by atoms with Crippen LogP contribution in [0.2, 0.25) is 0 Å². The summed E-state index contributed by atoms with van der Waals surface area (Å²) in [4.78, 5) is 5.20. The Morgan fingerprint density at radius 3 is 2.78 bits per heavy atom. The van der Waals surface area contributed by atoms with E-state index in [1.807, 2.05) is 12.1 Å². The quantitative estimate of drug-likeness (QED) is 0.844. The van der Waals surface area contributed by atoms with Gasteiger partial charge in [0.05, 0.1) is 0 Å². The van der Waals surface area contributed by atoms with E-state index in [0.29, 0.717) is 11.0 Å². The van der Waals surface area contributed by atoms with Crippen molar-refractivity contribution in [1.29, 1.82) is 0 Å². The Balaban J connectivity index is 2.32. The molecule has 1 aromatic carbocycles. The summed E-state index contributed by atoms with van der Waals surface area (Å²) in [5.41, 5.74) is 7.91. The molecule has 0 spiro atoms. The summed E-state index contributed by atoms with van der Waals surface area (Å²) in [6.45, 7) is 5.31. The van der Waals surface area contributed by atoms with Gasteiger partial charge in [0, 0.05) is 41.4 Å². The van der Waals surface area contributed by atoms with E-state index < -0.39 is 0 Å². The van der Waals surface area contributed by atoms with Gasteiger partial charge in [-0.05, 0) is 32.2 Å². The molecule has 1 fully saturated rings. The molecule has 2 rings (SSSR count). The minimum atomic E-state index is 0.462. The van der Waals surface area contributed by atoms with E-state index in [0.717, 1.165) is 35.4 Å². The molecule has 0 aromatic heterocycles. The van der Waals surface area contributed by atoms with Gasteiger partial charge in [-0.1, -0.05) is 28.1 Å². The normalized spacial score (nSPS) is 21.1. The molecule has 0 bridgehead atoms. The zero-order valence-electron chi connectivity index (χ0n) is 10.7. The second-order valence-electron chi connectivity index (χ2n) is 4.80. The molecule has 0 aliphatic carbocycles. The van der Waals surface area contributed by atoms with Crippen molar-refractivity contribution in [3.63, 3.8) is 0 Å². The topological polar surface area (TPSA) is 32.5 Å². The molecule has 1 unspecified atom stereocenters. The van der Waals surface area contributed by atoms with Crippen LogP contribution in [-0.2, 0) is 0 Å². The maximum atomic E-state index is 5.81. The molecule has 1 aliphatic heterocycles. The van der Waals surface area contributed by atoms with Gasteiger partial charge in [-0.25, -0.2) is 0 Å². The highest BCUT2D eigenvalue weighted by molar-refractivity contribution is 9.10. The van der Waals surface area contributed by atoms with Crippen molar-refractivity contribution in [2.24, 2.45) is 5.73 Å². The molecule has 0 amide bonds. The van der Waals surface area contributed by atoms with Crippen LogP contribution in [0.25, 0.3) is 0 Å². The summed E-state index contributed by atoms with van der Waals surface area (Å²) in [6, 6.07) is 6.62. The number of hydrogen-bond donors (Lipinski definition) is 1. The second kappa shape index (κ2) is 5.55. The monoisotopic (exact) mass is 327 g/mol. The number of rotatable bonds is 2. The molecule has 1 heterocycles. The van der Waals surface area contributed by atoms with E-state index in [1.54, 1.807) is 0 Å². The fourth-order valence-electron chi connectivity index (χ4n) is 2.24. The van der Waals surface area contributed by atoms with Crippen molar-refractivity contribution in [2.45, 2.75) is 13.0 Å². The number of benzene rings is 1. The predicted octanol–water partition coefficient (Wildman–Crippen LogP) is 2.22. The number of thiocarbonyl (C=S) groups is 1. The average molecular weight is 328 g/mol. The maximum absolute atomic E-state index is 5.81. The van der Waals surface area contributed by atoms with Gasteiger partial charge in [-0.3, -0.25) is 0 Å². The lowest BCUT2D eigenvalue weighted by molar-refractivity contribution is 0.234. The van der Waals surface area contributed by atoms with Crippen LogP contribution < -0.4 is 10.6 Å². The molecular formula is C13H18BrN3S. The van der Waals surface area contributed by atoms with Gasteiger partial charge in [-0.2, -0.15) is 0 Å². The van der Waals surface area contributed by atoms with Crippen LogP contribution in [0.1, 0.15) is 12.5 Å². The summed E-state index contributed by atoms with van der Waals surface area (Å²) in [7, 11) is 2.16. The molecule has 0 saturated carbocycles. The molecule has 3 nitrogen and oxygen atoms in total. The second-order valence-corrected chi connectivity index (χ2v) is 6.16. The van der Waals surface area contributed by atoms with Gasteiger partial charge >= 0.3 is 0 Å². The third kappa shape index (κ3) is 2.84.